The summed E-state index contributed by atoms with van der Waals surface area (Å²) in [5.41, 5.74) is 2.99. The number of carboxylic acid groups (broad SMARTS) is 1. The van der Waals surface area contributed by atoms with E-state index in [2.05, 4.69) is 4.98 Å². The number of aromatic carboxylic acids is 1. The predicted octanol–water partition coefficient (Wildman–Crippen LogP) is 3.93. The summed E-state index contributed by atoms with van der Waals surface area (Å²) < 4.78 is 16.2. The zero-order chi connectivity index (χ0) is 18.8. The second kappa shape index (κ2) is 6.92. The van der Waals surface area contributed by atoms with Crippen LogP contribution in [0.5, 0.6) is 17.2 Å². The maximum atomic E-state index is 12.0. The first-order valence-electron chi connectivity index (χ1n) is 7.94. The minimum atomic E-state index is -1.07. The number of hydrogen-bond donors (Lipinski definition) is 1. The largest absolute Gasteiger partial charge is 0.493 e. The van der Waals surface area contributed by atoms with Crippen molar-refractivity contribution in [3.8, 4) is 28.5 Å². The van der Waals surface area contributed by atoms with E-state index in [0.29, 0.717) is 28.1 Å². The lowest BCUT2D eigenvalue weighted by Gasteiger charge is -2.17. The highest BCUT2D eigenvalue weighted by Crippen LogP contribution is 2.44. The summed E-state index contributed by atoms with van der Waals surface area (Å²) in [6.07, 6.45) is 0. The van der Waals surface area contributed by atoms with Crippen molar-refractivity contribution in [3.05, 3.63) is 47.5 Å². The second-order valence-corrected chi connectivity index (χ2v) is 5.71. The quantitative estimate of drug-likeness (QED) is 0.749. The number of fused-ring (bicyclic) bond motifs is 1. The van der Waals surface area contributed by atoms with E-state index < -0.39 is 5.97 Å². The van der Waals surface area contributed by atoms with Crippen LogP contribution in [0.25, 0.3) is 22.2 Å². The average molecular weight is 353 g/mol. The number of carbonyl (C=O) groups is 1. The highest BCUT2D eigenvalue weighted by atomic mass is 16.5. The second-order valence-electron chi connectivity index (χ2n) is 5.71. The van der Waals surface area contributed by atoms with Gasteiger partial charge in [0.1, 0.15) is 0 Å². The summed E-state index contributed by atoms with van der Waals surface area (Å²) in [6, 6.07) is 10.9. The topological polar surface area (TPSA) is 77.9 Å². The molecule has 134 valence electrons. The zero-order valence-corrected chi connectivity index (χ0v) is 15.0. The van der Waals surface area contributed by atoms with Gasteiger partial charge in [-0.25, -0.2) is 9.78 Å². The molecule has 1 heterocycles. The molecule has 0 spiro atoms. The van der Waals surface area contributed by atoms with E-state index in [-0.39, 0.29) is 11.3 Å². The van der Waals surface area contributed by atoms with Crippen molar-refractivity contribution in [2.45, 2.75) is 6.92 Å². The number of aromatic nitrogens is 1. The first-order valence-corrected chi connectivity index (χ1v) is 7.94. The molecular weight excluding hydrogens is 334 g/mol. The Balaban J connectivity index is 2.44. The molecule has 0 saturated carbocycles. The molecular formula is C20H19NO5. The molecule has 6 nitrogen and oxygen atoms in total. The van der Waals surface area contributed by atoms with Gasteiger partial charge >= 0.3 is 5.97 Å². The molecule has 3 rings (SSSR count). The SMILES string of the molecule is COc1cc2nc(-c3ccccc3C)cc(C(=O)O)c2c(OC)c1OC. The third-order valence-electron chi connectivity index (χ3n) is 4.25. The smallest absolute Gasteiger partial charge is 0.336 e. The highest BCUT2D eigenvalue weighted by molar-refractivity contribution is 6.08. The van der Waals surface area contributed by atoms with Crippen LogP contribution >= 0.6 is 0 Å². The zero-order valence-electron chi connectivity index (χ0n) is 15.0. The number of hydrogen-bond acceptors (Lipinski definition) is 5. The lowest BCUT2D eigenvalue weighted by molar-refractivity contribution is 0.0698. The molecule has 26 heavy (non-hydrogen) atoms. The van der Waals surface area contributed by atoms with Gasteiger partial charge in [-0.05, 0) is 18.6 Å². The van der Waals surface area contributed by atoms with Gasteiger partial charge < -0.3 is 19.3 Å². The summed E-state index contributed by atoms with van der Waals surface area (Å²) in [5.74, 6) is -0.0427. The van der Waals surface area contributed by atoms with Gasteiger partial charge in [0.25, 0.3) is 0 Å². The Hall–Kier alpha value is -3.28. The van der Waals surface area contributed by atoms with Crippen LogP contribution in [-0.4, -0.2) is 37.4 Å². The van der Waals surface area contributed by atoms with E-state index in [1.54, 1.807) is 12.1 Å². The number of methoxy groups -OCH3 is 3. The van der Waals surface area contributed by atoms with Gasteiger partial charge in [-0.1, -0.05) is 24.3 Å². The first kappa shape index (κ1) is 17.5. The van der Waals surface area contributed by atoms with Gasteiger partial charge in [0.15, 0.2) is 11.5 Å². The molecule has 0 aliphatic carbocycles. The molecule has 0 fully saturated rings. The van der Waals surface area contributed by atoms with Gasteiger partial charge in [-0.2, -0.15) is 0 Å². The van der Waals surface area contributed by atoms with Crippen molar-refractivity contribution in [1.82, 2.24) is 4.98 Å². The van der Waals surface area contributed by atoms with Crippen molar-refractivity contribution in [2.75, 3.05) is 21.3 Å². The predicted molar refractivity (Wildman–Crippen MR) is 98.5 cm³/mol. The summed E-state index contributed by atoms with van der Waals surface area (Å²) in [6.45, 7) is 1.96. The monoisotopic (exact) mass is 353 g/mol. The Morgan fingerprint density at radius 2 is 1.69 bits per heavy atom. The Morgan fingerprint density at radius 3 is 2.27 bits per heavy atom. The number of nitrogens with zero attached hydrogens (tertiary/aromatic N) is 1. The van der Waals surface area contributed by atoms with Crippen LogP contribution < -0.4 is 14.2 Å². The summed E-state index contributed by atoms with van der Waals surface area (Å²) >= 11 is 0. The standard InChI is InChI=1S/C20H19NO5/c1-11-7-5-6-8-12(11)14-9-13(20(22)23)17-15(21-14)10-16(24-2)18(25-3)19(17)26-4/h5-10H,1-4H3,(H,22,23). The van der Waals surface area contributed by atoms with E-state index in [1.165, 1.54) is 21.3 Å². The highest BCUT2D eigenvalue weighted by Gasteiger charge is 2.23. The van der Waals surface area contributed by atoms with Gasteiger partial charge in [0.2, 0.25) is 5.75 Å². The van der Waals surface area contributed by atoms with E-state index in [4.69, 9.17) is 14.2 Å². The molecule has 0 aliphatic heterocycles. The van der Waals surface area contributed by atoms with Gasteiger partial charge in [0.05, 0.1) is 43.5 Å². The van der Waals surface area contributed by atoms with Gasteiger partial charge in [-0.3, -0.25) is 0 Å². The molecule has 2 aromatic carbocycles. The van der Waals surface area contributed by atoms with Crippen LogP contribution in [0.1, 0.15) is 15.9 Å². The Bertz CT molecular complexity index is 997. The molecule has 0 atom stereocenters. The van der Waals surface area contributed by atoms with E-state index in [1.807, 2.05) is 31.2 Å². The molecule has 0 amide bonds. The minimum Gasteiger partial charge on any atom is -0.493 e. The fourth-order valence-electron chi connectivity index (χ4n) is 3.03. The van der Waals surface area contributed by atoms with Crippen LogP contribution in [0.4, 0.5) is 0 Å². The summed E-state index contributed by atoms with van der Waals surface area (Å²) in [4.78, 5) is 16.6. The van der Waals surface area contributed by atoms with Crippen LogP contribution in [0.3, 0.4) is 0 Å². The molecule has 1 N–H and O–H groups in total. The molecule has 0 unspecified atom stereocenters. The fourth-order valence-corrected chi connectivity index (χ4v) is 3.03. The molecule has 3 aromatic rings. The number of rotatable bonds is 5. The minimum absolute atomic E-state index is 0.0889. The van der Waals surface area contributed by atoms with Crippen LogP contribution in [0.15, 0.2) is 36.4 Å². The van der Waals surface area contributed by atoms with E-state index in [0.717, 1.165) is 11.1 Å². The molecule has 0 radical (unpaired) electrons. The fraction of sp³-hybridized carbons (Fsp3) is 0.200. The Kier molecular flexibility index (Phi) is 4.67. The molecule has 0 saturated heterocycles. The molecule has 0 aliphatic rings. The number of ether oxygens (including phenoxy) is 3. The van der Waals surface area contributed by atoms with Gasteiger partial charge in [-0.15, -0.1) is 0 Å². The normalized spacial score (nSPS) is 10.6. The van der Waals surface area contributed by atoms with E-state index in [9.17, 15) is 9.90 Å². The lowest BCUT2D eigenvalue weighted by Crippen LogP contribution is -2.04. The number of carboxylic acids is 1. The van der Waals surface area contributed by atoms with Crippen LogP contribution in [-0.2, 0) is 0 Å². The van der Waals surface area contributed by atoms with Crippen LogP contribution in [0, 0.1) is 6.92 Å². The maximum Gasteiger partial charge on any atom is 0.336 e. The Labute approximate surface area is 151 Å². The lowest BCUT2D eigenvalue weighted by atomic mass is 10.00. The number of aryl methyl sites for hydroxylation is 1. The van der Waals surface area contributed by atoms with Gasteiger partial charge in [0, 0.05) is 11.6 Å². The molecule has 1 aromatic heterocycles. The average Bonchev–Trinajstić information content (AvgIpc) is 2.65. The van der Waals surface area contributed by atoms with Crippen LogP contribution in [0.2, 0.25) is 0 Å². The summed E-state index contributed by atoms with van der Waals surface area (Å²) in [7, 11) is 4.44. The maximum absolute atomic E-state index is 12.0. The van der Waals surface area contributed by atoms with Crippen molar-refractivity contribution < 1.29 is 24.1 Å². The summed E-state index contributed by atoms with van der Waals surface area (Å²) in [5, 5.41) is 10.1. The number of pyridine rings is 1. The molecule has 6 heteroatoms. The third-order valence-corrected chi connectivity index (χ3v) is 4.25. The van der Waals surface area contributed by atoms with Crippen molar-refractivity contribution >= 4 is 16.9 Å². The van der Waals surface area contributed by atoms with E-state index >= 15 is 0 Å². The third kappa shape index (κ3) is 2.79. The van der Waals surface area contributed by atoms with Crippen molar-refractivity contribution in [3.63, 3.8) is 0 Å². The van der Waals surface area contributed by atoms with Crippen molar-refractivity contribution in [2.24, 2.45) is 0 Å². The Morgan fingerprint density at radius 1 is 1.00 bits per heavy atom. The first-order chi connectivity index (χ1) is 12.5. The van der Waals surface area contributed by atoms with Crippen molar-refractivity contribution in [1.29, 1.82) is 0 Å². The number of benzene rings is 2. The molecule has 0 bridgehead atoms.